The van der Waals surface area contributed by atoms with Gasteiger partial charge in [0.1, 0.15) is 11.6 Å². The maximum absolute atomic E-state index is 13.4. The summed E-state index contributed by atoms with van der Waals surface area (Å²) in [6, 6.07) is 11.5. The van der Waals surface area contributed by atoms with E-state index in [1.54, 1.807) is 12.1 Å². The minimum Gasteiger partial charge on any atom is -0.496 e. The van der Waals surface area contributed by atoms with Crippen molar-refractivity contribution in [3.63, 3.8) is 0 Å². The summed E-state index contributed by atoms with van der Waals surface area (Å²) in [6.07, 6.45) is 3.41. The number of aromatic nitrogens is 1. The highest BCUT2D eigenvalue weighted by Crippen LogP contribution is 2.37. The number of halogens is 1. The lowest BCUT2D eigenvalue weighted by atomic mass is 10.1. The number of aromatic carboxylic acids is 1. The van der Waals surface area contributed by atoms with Gasteiger partial charge in [-0.25, -0.2) is 19.2 Å². The third-order valence-electron chi connectivity index (χ3n) is 4.53. The molecular formula is C21H18FN3O3S. The number of para-hydroxylation sites is 1. The molecule has 148 valence electrons. The summed E-state index contributed by atoms with van der Waals surface area (Å²) in [4.78, 5) is 16.1. The topological polar surface area (TPSA) is 75.0 Å². The van der Waals surface area contributed by atoms with Crippen LogP contribution in [0.1, 0.15) is 28.8 Å². The largest absolute Gasteiger partial charge is 0.496 e. The van der Waals surface area contributed by atoms with Crippen molar-refractivity contribution >= 4 is 28.7 Å². The van der Waals surface area contributed by atoms with Gasteiger partial charge in [-0.2, -0.15) is 5.10 Å². The van der Waals surface area contributed by atoms with Gasteiger partial charge in [0.25, 0.3) is 0 Å². The van der Waals surface area contributed by atoms with Crippen molar-refractivity contribution in [1.29, 1.82) is 0 Å². The Kier molecular flexibility index (Phi) is 5.26. The first kappa shape index (κ1) is 19.1. The van der Waals surface area contributed by atoms with Crippen LogP contribution in [0.15, 0.2) is 52.9 Å². The SMILES string of the molecule is COc1ccccc1-c1csc(N(/N=C/c2ccc(F)cc2C(=O)O)C2CC2)n1. The van der Waals surface area contributed by atoms with Gasteiger partial charge in [-0.15, -0.1) is 11.3 Å². The Morgan fingerprint density at radius 1 is 1.34 bits per heavy atom. The molecule has 0 aliphatic heterocycles. The zero-order valence-electron chi connectivity index (χ0n) is 15.6. The van der Waals surface area contributed by atoms with Crippen molar-refractivity contribution in [1.82, 2.24) is 4.98 Å². The zero-order chi connectivity index (χ0) is 20.4. The molecule has 6 nitrogen and oxygen atoms in total. The van der Waals surface area contributed by atoms with Crippen LogP contribution in [-0.4, -0.2) is 35.4 Å². The Morgan fingerprint density at radius 2 is 2.14 bits per heavy atom. The van der Waals surface area contributed by atoms with Gasteiger partial charge < -0.3 is 9.84 Å². The van der Waals surface area contributed by atoms with Crippen molar-refractivity contribution in [3.05, 3.63) is 64.8 Å². The molecule has 1 aliphatic rings. The molecule has 1 fully saturated rings. The highest BCUT2D eigenvalue weighted by molar-refractivity contribution is 7.14. The van der Waals surface area contributed by atoms with Gasteiger partial charge in [-0.05, 0) is 43.2 Å². The minimum atomic E-state index is -1.20. The molecule has 0 spiro atoms. The molecule has 0 saturated heterocycles. The van der Waals surface area contributed by atoms with Crippen molar-refractivity contribution in [2.75, 3.05) is 12.1 Å². The van der Waals surface area contributed by atoms with Gasteiger partial charge >= 0.3 is 5.97 Å². The highest BCUT2D eigenvalue weighted by atomic mass is 32.1. The second-order valence-corrected chi connectivity index (χ2v) is 7.41. The number of rotatable bonds is 7. The second-order valence-electron chi connectivity index (χ2n) is 6.57. The van der Waals surface area contributed by atoms with E-state index in [0.717, 1.165) is 35.9 Å². The summed E-state index contributed by atoms with van der Waals surface area (Å²) in [5.74, 6) is -1.06. The second kappa shape index (κ2) is 8.00. The first-order chi connectivity index (χ1) is 14.1. The summed E-state index contributed by atoms with van der Waals surface area (Å²) in [6.45, 7) is 0. The van der Waals surface area contributed by atoms with Crippen LogP contribution in [-0.2, 0) is 0 Å². The Bertz CT molecular complexity index is 1080. The molecule has 29 heavy (non-hydrogen) atoms. The first-order valence-corrected chi connectivity index (χ1v) is 9.90. The smallest absolute Gasteiger partial charge is 0.336 e. The molecule has 1 aliphatic carbocycles. The Morgan fingerprint density at radius 3 is 2.86 bits per heavy atom. The highest BCUT2D eigenvalue weighted by Gasteiger charge is 2.31. The lowest BCUT2D eigenvalue weighted by molar-refractivity contribution is 0.0696. The van der Waals surface area contributed by atoms with Gasteiger partial charge in [0.05, 0.1) is 30.6 Å². The molecule has 0 bridgehead atoms. The summed E-state index contributed by atoms with van der Waals surface area (Å²) in [7, 11) is 1.62. The fourth-order valence-corrected chi connectivity index (χ4v) is 3.77. The number of anilines is 1. The van der Waals surface area contributed by atoms with Gasteiger partial charge in [-0.1, -0.05) is 12.1 Å². The molecule has 1 saturated carbocycles. The molecule has 1 N–H and O–H groups in total. The Labute approximate surface area is 170 Å². The van der Waals surface area contributed by atoms with Crippen LogP contribution < -0.4 is 9.75 Å². The summed E-state index contributed by atoms with van der Waals surface area (Å²) < 4.78 is 18.8. The quantitative estimate of drug-likeness (QED) is 0.452. The van der Waals surface area contributed by atoms with E-state index in [1.165, 1.54) is 29.7 Å². The fraction of sp³-hybridized carbons (Fsp3) is 0.190. The van der Waals surface area contributed by atoms with Crippen molar-refractivity contribution in [2.45, 2.75) is 18.9 Å². The first-order valence-electron chi connectivity index (χ1n) is 9.02. The molecule has 0 unspecified atom stereocenters. The number of thiazole rings is 1. The third kappa shape index (κ3) is 4.12. The normalized spacial score (nSPS) is 13.6. The predicted molar refractivity (Wildman–Crippen MR) is 111 cm³/mol. The maximum atomic E-state index is 13.4. The molecular weight excluding hydrogens is 393 g/mol. The monoisotopic (exact) mass is 411 g/mol. The summed E-state index contributed by atoms with van der Waals surface area (Å²) in [5.41, 5.74) is 1.89. The summed E-state index contributed by atoms with van der Waals surface area (Å²) in [5, 5.41) is 18.3. The van der Waals surface area contributed by atoms with Crippen LogP contribution in [0.5, 0.6) is 5.75 Å². The van der Waals surface area contributed by atoms with Crippen LogP contribution in [0.3, 0.4) is 0 Å². The number of methoxy groups -OCH3 is 1. The van der Waals surface area contributed by atoms with E-state index in [2.05, 4.69) is 5.10 Å². The van der Waals surface area contributed by atoms with Gasteiger partial charge in [0, 0.05) is 16.5 Å². The number of carbonyl (C=O) groups is 1. The number of nitrogens with zero attached hydrogens (tertiary/aromatic N) is 3. The molecule has 8 heteroatoms. The van der Waals surface area contributed by atoms with E-state index in [1.807, 2.05) is 29.6 Å². The molecule has 4 rings (SSSR count). The van der Waals surface area contributed by atoms with Crippen LogP contribution >= 0.6 is 11.3 Å². The van der Waals surface area contributed by atoms with Gasteiger partial charge in [0.15, 0.2) is 0 Å². The van der Waals surface area contributed by atoms with Crippen LogP contribution in [0.2, 0.25) is 0 Å². The van der Waals surface area contributed by atoms with Crippen molar-refractivity contribution in [2.24, 2.45) is 5.10 Å². The molecule has 1 aromatic heterocycles. The van der Waals surface area contributed by atoms with E-state index in [9.17, 15) is 14.3 Å². The lowest BCUT2D eigenvalue weighted by Gasteiger charge is -2.15. The van der Waals surface area contributed by atoms with Crippen LogP contribution in [0, 0.1) is 5.82 Å². The number of ether oxygens (including phenoxy) is 1. The van der Waals surface area contributed by atoms with E-state index >= 15 is 0 Å². The number of hydrogen-bond donors (Lipinski definition) is 1. The van der Waals surface area contributed by atoms with Crippen LogP contribution in [0.25, 0.3) is 11.3 Å². The predicted octanol–water partition coefficient (Wildman–Crippen LogP) is 4.66. The number of benzene rings is 2. The fourth-order valence-electron chi connectivity index (χ4n) is 2.92. The average molecular weight is 411 g/mol. The van der Waals surface area contributed by atoms with E-state index in [-0.39, 0.29) is 11.6 Å². The zero-order valence-corrected chi connectivity index (χ0v) is 16.4. The number of hydrogen-bond acceptors (Lipinski definition) is 6. The molecule has 2 aromatic carbocycles. The molecule has 3 aromatic rings. The average Bonchev–Trinajstić information content (AvgIpc) is 3.45. The van der Waals surface area contributed by atoms with Gasteiger partial charge in [-0.3, -0.25) is 0 Å². The molecule has 1 heterocycles. The summed E-state index contributed by atoms with van der Waals surface area (Å²) >= 11 is 1.46. The maximum Gasteiger partial charge on any atom is 0.336 e. The standard InChI is InChI=1S/C21H18FN3O3S/c1-28-19-5-3-2-4-16(19)18-12-29-21(24-18)25(15-8-9-15)23-11-13-6-7-14(22)10-17(13)20(26)27/h2-7,10-12,15H,8-9H2,1H3,(H,26,27)/b23-11+. The molecule has 0 radical (unpaired) electrons. The molecule has 0 amide bonds. The molecule has 0 atom stereocenters. The van der Waals surface area contributed by atoms with Crippen molar-refractivity contribution < 1.29 is 19.0 Å². The van der Waals surface area contributed by atoms with E-state index < -0.39 is 11.8 Å². The van der Waals surface area contributed by atoms with Crippen molar-refractivity contribution in [3.8, 4) is 17.0 Å². The van der Waals surface area contributed by atoms with E-state index in [0.29, 0.717) is 10.7 Å². The Hall–Kier alpha value is -3.26. The number of hydrazone groups is 1. The van der Waals surface area contributed by atoms with Gasteiger partial charge in [0.2, 0.25) is 5.13 Å². The van der Waals surface area contributed by atoms with E-state index in [4.69, 9.17) is 9.72 Å². The lowest BCUT2D eigenvalue weighted by Crippen LogP contribution is -2.19. The Balaban J connectivity index is 1.64. The minimum absolute atomic E-state index is 0.127. The van der Waals surface area contributed by atoms with Crippen LogP contribution in [0.4, 0.5) is 9.52 Å². The third-order valence-corrected chi connectivity index (χ3v) is 5.36. The number of carboxylic acid groups (broad SMARTS) is 1. The number of carboxylic acids is 1.